The predicted octanol–water partition coefficient (Wildman–Crippen LogP) is 8.41. The van der Waals surface area contributed by atoms with Crippen LogP contribution in [-0.2, 0) is 6.54 Å². The molecule has 0 heterocycles. The number of benzene rings is 5. The van der Waals surface area contributed by atoms with Gasteiger partial charge < -0.3 is 15.9 Å². The Bertz CT molecular complexity index is 1750. The van der Waals surface area contributed by atoms with Gasteiger partial charge in [-0.25, -0.2) is 0 Å². The summed E-state index contributed by atoms with van der Waals surface area (Å²) in [5, 5.41) is 20.6. The van der Waals surface area contributed by atoms with Crippen molar-refractivity contribution >= 4 is 47.3 Å². The molecule has 0 unspecified atom stereocenters. The van der Waals surface area contributed by atoms with Crippen molar-refractivity contribution < 1.29 is 10.2 Å². The third kappa shape index (κ3) is 7.33. The number of thioether (sulfide) groups is 2. The fraction of sp³-hybridized carbons (Fsp3) is 0.111. The average Bonchev–Trinajstić information content (AvgIpc) is 3.06. The van der Waals surface area contributed by atoms with Crippen LogP contribution in [0.2, 0.25) is 0 Å². The summed E-state index contributed by atoms with van der Waals surface area (Å²) in [5.41, 5.74) is 14.2. The number of nitrogens with zero attached hydrogens (tertiary/aromatic N) is 2. The van der Waals surface area contributed by atoms with Gasteiger partial charge in [0.25, 0.3) is 0 Å². The number of hydrogen-bond acceptors (Lipinski definition) is 7. The van der Waals surface area contributed by atoms with Gasteiger partial charge in [-0.15, -0.1) is 23.5 Å². The normalized spacial score (nSPS) is 11.7. The Kier molecular flexibility index (Phi) is 10.3. The molecule has 0 saturated heterocycles. The summed E-state index contributed by atoms with van der Waals surface area (Å²) in [6.45, 7) is 0.215. The summed E-state index contributed by atoms with van der Waals surface area (Å²) >= 11 is 3.41. The Balaban J connectivity index is 1.48. The molecule has 0 aliphatic heterocycles. The molecule has 0 aliphatic rings. The van der Waals surface area contributed by atoms with E-state index < -0.39 is 6.29 Å². The Labute approximate surface area is 261 Å². The quantitative estimate of drug-likeness (QED) is 0.0847. The van der Waals surface area contributed by atoms with E-state index in [1.54, 1.807) is 48.1 Å². The van der Waals surface area contributed by atoms with E-state index in [-0.39, 0.29) is 12.1 Å². The van der Waals surface area contributed by atoms with E-state index in [1.165, 1.54) is 9.79 Å². The van der Waals surface area contributed by atoms with Gasteiger partial charge in [0.1, 0.15) is 0 Å². The summed E-state index contributed by atoms with van der Waals surface area (Å²) in [6.07, 6.45) is 5.93. The van der Waals surface area contributed by atoms with Crippen molar-refractivity contribution in [1.29, 1.82) is 0 Å². The van der Waals surface area contributed by atoms with Gasteiger partial charge in [0.05, 0.1) is 11.4 Å². The Morgan fingerprint density at radius 1 is 0.651 bits per heavy atom. The van der Waals surface area contributed by atoms with Crippen LogP contribution in [-0.4, -0.2) is 35.2 Å². The van der Waals surface area contributed by atoms with Crippen LogP contribution in [0, 0.1) is 0 Å². The molecule has 0 aliphatic carbocycles. The maximum absolute atomic E-state index is 10.3. The molecule has 216 valence electrons. The van der Waals surface area contributed by atoms with E-state index in [1.807, 2.05) is 36.4 Å². The fourth-order valence-corrected chi connectivity index (χ4v) is 5.62. The van der Waals surface area contributed by atoms with Crippen LogP contribution in [0.15, 0.2) is 129 Å². The van der Waals surface area contributed by atoms with Crippen LogP contribution in [0.3, 0.4) is 0 Å². The highest BCUT2D eigenvalue weighted by Gasteiger charge is 2.14. The minimum atomic E-state index is -1.73. The molecule has 0 bridgehead atoms. The molecule has 5 nitrogen and oxygen atoms in total. The molecular weight excluding hydrogens is 571 g/mol. The number of rotatable bonds is 10. The van der Waals surface area contributed by atoms with Crippen molar-refractivity contribution in [2.45, 2.75) is 22.6 Å². The molecule has 4 N–H and O–H groups in total. The molecule has 43 heavy (non-hydrogen) atoms. The first kappa shape index (κ1) is 30.5. The van der Waals surface area contributed by atoms with Crippen LogP contribution >= 0.6 is 23.5 Å². The number of hydrogen-bond donors (Lipinski definition) is 3. The van der Waals surface area contributed by atoms with E-state index in [0.29, 0.717) is 11.4 Å². The lowest BCUT2D eigenvalue weighted by atomic mass is 10.00. The molecule has 0 saturated carbocycles. The molecule has 7 heteroatoms. The zero-order valence-corrected chi connectivity index (χ0v) is 25.6. The number of aliphatic imine (C=N–C) groups is 2. The van der Waals surface area contributed by atoms with Gasteiger partial charge in [-0.2, -0.15) is 0 Å². The lowest BCUT2D eigenvalue weighted by Crippen LogP contribution is -2.01. The van der Waals surface area contributed by atoms with Gasteiger partial charge in [0.2, 0.25) is 0 Å². The highest BCUT2D eigenvalue weighted by Crippen LogP contribution is 2.34. The molecule has 0 atom stereocenters. The highest BCUT2D eigenvalue weighted by molar-refractivity contribution is 7.98. The predicted molar refractivity (Wildman–Crippen MR) is 183 cm³/mol. The molecule has 0 aromatic heterocycles. The fourth-order valence-electron chi connectivity index (χ4n) is 4.80. The maximum atomic E-state index is 10.3. The van der Waals surface area contributed by atoms with Crippen molar-refractivity contribution in [3.63, 3.8) is 0 Å². The van der Waals surface area contributed by atoms with Gasteiger partial charge in [-0.1, -0.05) is 72.8 Å². The van der Waals surface area contributed by atoms with Gasteiger partial charge in [-0.05, 0) is 76.7 Å². The molecule has 0 spiro atoms. The second-order valence-electron chi connectivity index (χ2n) is 9.77. The van der Waals surface area contributed by atoms with Crippen LogP contribution in [0.1, 0.15) is 28.5 Å². The lowest BCUT2D eigenvalue weighted by Gasteiger charge is -2.13. The largest absolute Gasteiger partial charge is 0.364 e. The smallest absolute Gasteiger partial charge is 0.180 e. The highest BCUT2D eigenvalue weighted by atomic mass is 32.2. The number of aliphatic hydroxyl groups is 2. The van der Waals surface area contributed by atoms with Gasteiger partial charge in [0.15, 0.2) is 6.29 Å². The molecule has 0 fully saturated rings. The van der Waals surface area contributed by atoms with Gasteiger partial charge >= 0.3 is 0 Å². The number of aliphatic hydroxyl groups excluding tert-OH is 1. The second-order valence-corrected chi connectivity index (χ2v) is 11.5. The van der Waals surface area contributed by atoms with Crippen LogP contribution in [0.5, 0.6) is 0 Å². The maximum Gasteiger partial charge on any atom is 0.180 e. The van der Waals surface area contributed by atoms with Crippen molar-refractivity contribution in [3.8, 4) is 22.3 Å². The van der Waals surface area contributed by atoms with Crippen LogP contribution in [0.4, 0.5) is 11.4 Å². The third-order valence-electron chi connectivity index (χ3n) is 7.14. The standard InChI is InChI=1S/C36H33N3O2S2/c1-42-29-15-11-24(12-16-29)31-9-5-3-7-26(31)22-38-34-20-33(36(40)41)35(19-28(34)21-37)39-23-27-8-4-6-10-32(27)25-13-17-30(43-2)18-14-25/h3-20,22-23,36,40-41H,21,37H2,1-2H3. The van der Waals surface area contributed by atoms with Gasteiger partial charge in [-0.3, -0.25) is 9.98 Å². The lowest BCUT2D eigenvalue weighted by molar-refractivity contribution is -0.0419. The zero-order valence-electron chi connectivity index (χ0n) is 24.0. The van der Waals surface area contributed by atoms with E-state index in [9.17, 15) is 10.2 Å². The summed E-state index contributed by atoms with van der Waals surface area (Å²) in [6, 6.07) is 36.3. The first-order valence-corrected chi connectivity index (χ1v) is 16.2. The topological polar surface area (TPSA) is 91.2 Å². The molecule has 0 amide bonds. The first-order chi connectivity index (χ1) is 21.0. The zero-order chi connectivity index (χ0) is 30.2. The molecule has 5 aromatic carbocycles. The molecule has 5 aromatic rings. The van der Waals surface area contributed by atoms with Crippen molar-refractivity contribution in [3.05, 3.63) is 131 Å². The van der Waals surface area contributed by atoms with Crippen LogP contribution in [0.25, 0.3) is 22.3 Å². The van der Waals surface area contributed by atoms with Crippen molar-refractivity contribution in [2.75, 3.05) is 12.5 Å². The minimum Gasteiger partial charge on any atom is -0.364 e. The third-order valence-corrected chi connectivity index (χ3v) is 8.62. The first-order valence-electron chi connectivity index (χ1n) is 13.8. The van der Waals surface area contributed by atoms with Crippen molar-refractivity contribution in [1.82, 2.24) is 0 Å². The molecule has 0 radical (unpaired) electrons. The summed E-state index contributed by atoms with van der Waals surface area (Å²) < 4.78 is 0. The summed E-state index contributed by atoms with van der Waals surface area (Å²) in [7, 11) is 0. The minimum absolute atomic E-state index is 0.215. The van der Waals surface area contributed by atoms with Crippen LogP contribution < -0.4 is 5.73 Å². The van der Waals surface area contributed by atoms with E-state index >= 15 is 0 Å². The van der Waals surface area contributed by atoms with Crippen molar-refractivity contribution in [2.24, 2.45) is 15.7 Å². The van der Waals surface area contributed by atoms with Gasteiger partial charge in [0, 0.05) is 45.5 Å². The Hall–Kier alpha value is -3.98. The summed E-state index contributed by atoms with van der Waals surface area (Å²) in [5.74, 6) is 0. The molecular formula is C36H33N3O2S2. The Morgan fingerprint density at radius 2 is 1.12 bits per heavy atom. The monoisotopic (exact) mass is 603 g/mol. The van der Waals surface area contributed by atoms with E-state index in [4.69, 9.17) is 15.7 Å². The average molecular weight is 604 g/mol. The van der Waals surface area contributed by atoms with E-state index in [2.05, 4.69) is 73.2 Å². The SMILES string of the molecule is CSc1ccc(-c2ccccc2C=Nc2cc(C(O)O)c(N=Cc3ccccc3-c3ccc(SC)cc3)cc2CN)cc1. The Morgan fingerprint density at radius 3 is 1.56 bits per heavy atom. The second kappa shape index (κ2) is 14.5. The van der Waals surface area contributed by atoms with E-state index in [0.717, 1.165) is 38.9 Å². The number of nitrogens with two attached hydrogens (primary N) is 1. The molecule has 5 rings (SSSR count). The summed E-state index contributed by atoms with van der Waals surface area (Å²) in [4.78, 5) is 11.8.